The lowest BCUT2D eigenvalue weighted by Gasteiger charge is -2.21. The Labute approximate surface area is 129 Å². The minimum atomic E-state index is -0.299. The van der Waals surface area contributed by atoms with E-state index in [1.54, 1.807) is 12.1 Å². The highest BCUT2D eigenvalue weighted by Crippen LogP contribution is 2.25. The zero-order chi connectivity index (χ0) is 15.9. The van der Waals surface area contributed by atoms with Crippen molar-refractivity contribution in [1.82, 2.24) is 5.32 Å². The van der Waals surface area contributed by atoms with Gasteiger partial charge in [0.15, 0.2) is 0 Å². The Balaban J connectivity index is 1.91. The van der Waals surface area contributed by atoms with Crippen LogP contribution in [0.25, 0.3) is 0 Å². The topological polar surface area (TPSA) is 101 Å². The van der Waals surface area contributed by atoms with Gasteiger partial charge in [-0.25, -0.2) is 0 Å². The van der Waals surface area contributed by atoms with Crippen molar-refractivity contribution in [3.05, 3.63) is 29.8 Å². The maximum atomic E-state index is 11.8. The zero-order valence-electron chi connectivity index (χ0n) is 12.4. The maximum Gasteiger partial charge on any atom is 0.234 e. The molecule has 0 spiro atoms. The summed E-state index contributed by atoms with van der Waals surface area (Å²) in [6, 6.07) is 7.19. The van der Waals surface area contributed by atoms with Gasteiger partial charge in [-0.05, 0) is 43.5 Å². The summed E-state index contributed by atoms with van der Waals surface area (Å²) in [4.78, 5) is 34.7. The molecule has 1 aliphatic heterocycles. The molecule has 2 rings (SSSR count). The molecule has 4 N–H and O–H groups in total. The molecule has 0 aliphatic carbocycles. The Kier molecular flexibility index (Phi) is 5.66. The van der Waals surface area contributed by atoms with Gasteiger partial charge in [0.2, 0.25) is 17.7 Å². The third-order valence-corrected chi connectivity index (χ3v) is 3.69. The Morgan fingerprint density at radius 2 is 1.95 bits per heavy atom. The number of amides is 3. The number of carbonyl (C=O) groups is 3. The van der Waals surface area contributed by atoms with Gasteiger partial charge < -0.3 is 11.1 Å². The van der Waals surface area contributed by atoms with E-state index in [-0.39, 0.29) is 23.6 Å². The van der Waals surface area contributed by atoms with Gasteiger partial charge in [0.1, 0.15) is 0 Å². The van der Waals surface area contributed by atoms with Crippen LogP contribution in [0.1, 0.15) is 43.6 Å². The fraction of sp³-hybridized carbons (Fsp3) is 0.438. The summed E-state index contributed by atoms with van der Waals surface area (Å²) in [7, 11) is 0. The van der Waals surface area contributed by atoms with Crippen LogP contribution in [-0.2, 0) is 14.4 Å². The number of hydrogen-bond donors (Lipinski definition) is 3. The molecule has 1 aromatic rings. The van der Waals surface area contributed by atoms with E-state index in [9.17, 15) is 14.4 Å². The Hall–Kier alpha value is -2.21. The highest BCUT2D eigenvalue weighted by Gasteiger charge is 2.27. The van der Waals surface area contributed by atoms with Gasteiger partial charge >= 0.3 is 0 Å². The molecule has 1 unspecified atom stereocenters. The first kappa shape index (κ1) is 16.2. The predicted molar refractivity (Wildman–Crippen MR) is 83.1 cm³/mol. The maximum absolute atomic E-state index is 11.8. The number of benzene rings is 1. The van der Waals surface area contributed by atoms with Crippen molar-refractivity contribution in [2.75, 3.05) is 11.9 Å². The lowest BCUT2D eigenvalue weighted by Crippen LogP contribution is -2.39. The quantitative estimate of drug-likeness (QED) is 0.544. The first-order valence-electron chi connectivity index (χ1n) is 7.53. The monoisotopic (exact) mass is 303 g/mol. The van der Waals surface area contributed by atoms with Gasteiger partial charge in [-0.1, -0.05) is 12.1 Å². The summed E-state index contributed by atoms with van der Waals surface area (Å²) in [6.45, 7) is 0.591. The lowest BCUT2D eigenvalue weighted by molar-refractivity contribution is -0.134. The average molecular weight is 303 g/mol. The molecule has 1 aromatic carbocycles. The Morgan fingerprint density at radius 1 is 1.23 bits per heavy atom. The second-order valence-electron chi connectivity index (χ2n) is 5.42. The van der Waals surface area contributed by atoms with Crippen LogP contribution < -0.4 is 16.4 Å². The van der Waals surface area contributed by atoms with E-state index in [1.807, 2.05) is 12.1 Å². The molecule has 1 atom stereocenters. The van der Waals surface area contributed by atoms with Crippen LogP contribution in [0.5, 0.6) is 0 Å². The summed E-state index contributed by atoms with van der Waals surface area (Å²) in [5.41, 5.74) is 6.94. The molecule has 1 fully saturated rings. The van der Waals surface area contributed by atoms with E-state index < -0.39 is 0 Å². The number of nitrogens with two attached hydrogens (primary N) is 1. The van der Waals surface area contributed by atoms with Crippen molar-refractivity contribution in [3.8, 4) is 0 Å². The van der Waals surface area contributed by atoms with E-state index in [0.29, 0.717) is 31.5 Å². The van der Waals surface area contributed by atoms with Crippen LogP contribution in [0, 0.1) is 0 Å². The van der Waals surface area contributed by atoms with Crippen molar-refractivity contribution in [2.45, 2.75) is 38.0 Å². The summed E-state index contributed by atoms with van der Waals surface area (Å²) in [5.74, 6) is -0.813. The molecule has 1 aliphatic rings. The van der Waals surface area contributed by atoms with Gasteiger partial charge in [-0.3, -0.25) is 19.7 Å². The van der Waals surface area contributed by atoms with Crippen molar-refractivity contribution < 1.29 is 14.4 Å². The number of nitrogens with one attached hydrogen (secondary N) is 2. The fourth-order valence-corrected chi connectivity index (χ4v) is 2.46. The van der Waals surface area contributed by atoms with E-state index >= 15 is 0 Å². The van der Waals surface area contributed by atoms with E-state index in [4.69, 9.17) is 5.73 Å². The van der Waals surface area contributed by atoms with Crippen LogP contribution in [0.2, 0.25) is 0 Å². The first-order valence-corrected chi connectivity index (χ1v) is 7.53. The minimum absolute atomic E-state index is 0.0396. The van der Waals surface area contributed by atoms with E-state index in [0.717, 1.165) is 18.4 Å². The number of unbranched alkanes of at least 4 members (excludes halogenated alkanes) is 1. The molecule has 118 valence electrons. The molecule has 0 radical (unpaired) electrons. The van der Waals surface area contributed by atoms with Gasteiger partial charge in [-0.2, -0.15) is 0 Å². The molecule has 3 amide bonds. The number of anilines is 1. The van der Waals surface area contributed by atoms with Gasteiger partial charge in [0, 0.05) is 18.5 Å². The second kappa shape index (κ2) is 7.70. The van der Waals surface area contributed by atoms with Crippen LogP contribution in [0.3, 0.4) is 0 Å². The fourth-order valence-electron chi connectivity index (χ4n) is 2.46. The van der Waals surface area contributed by atoms with Gasteiger partial charge in [0.05, 0.1) is 5.92 Å². The molecular weight excluding hydrogens is 282 g/mol. The molecule has 0 bridgehead atoms. The number of rotatable bonds is 6. The first-order chi connectivity index (χ1) is 10.6. The Morgan fingerprint density at radius 3 is 2.59 bits per heavy atom. The minimum Gasteiger partial charge on any atom is -0.330 e. The Bertz CT molecular complexity index is 554. The summed E-state index contributed by atoms with van der Waals surface area (Å²) in [5, 5.41) is 5.16. The smallest absolute Gasteiger partial charge is 0.234 e. The highest BCUT2D eigenvalue weighted by molar-refractivity contribution is 6.01. The molecule has 6 heteroatoms. The molecule has 22 heavy (non-hydrogen) atoms. The second-order valence-corrected chi connectivity index (χ2v) is 5.42. The molecule has 1 saturated heterocycles. The number of piperidine rings is 1. The zero-order valence-corrected chi connectivity index (χ0v) is 12.4. The van der Waals surface area contributed by atoms with E-state index in [1.165, 1.54) is 0 Å². The standard InChI is InChI=1S/C16H21N3O3/c17-10-2-1-3-14(20)18-12-6-4-11(5-7-12)13-8-9-15(21)19-16(13)22/h4-7,13H,1-3,8-10,17H2,(H,18,20)(H,19,21,22). The highest BCUT2D eigenvalue weighted by atomic mass is 16.2. The van der Waals surface area contributed by atoms with Crippen LogP contribution in [0.4, 0.5) is 5.69 Å². The van der Waals surface area contributed by atoms with Crippen molar-refractivity contribution >= 4 is 23.4 Å². The predicted octanol–water partition coefficient (Wildman–Crippen LogP) is 1.27. The van der Waals surface area contributed by atoms with Gasteiger partial charge in [0.25, 0.3) is 0 Å². The number of carbonyl (C=O) groups excluding carboxylic acids is 3. The summed E-state index contributed by atoms with van der Waals surface area (Å²) >= 11 is 0. The summed E-state index contributed by atoms with van der Waals surface area (Å²) in [6.07, 6.45) is 2.94. The number of imide groups is 1. The van der Waals surface area contributed by atoms with Crippen LogP contribution in [-0.4, -0.2) is 24.3 Å². The molecular formula is C16H21N3O3. The normalized spacial score (nSPS) is 18.0. The molecule has 0 saturated carbocycles. The molecule has 0 aromatic heterocycles. The van der Waals surface area contributed by atoms with E-state index in [2.05, 4.69) is 10.6 Å². The van der Waals surface area contributed by atoms with Crippen LogP contribution >= 0.6 is 0 Å². The largest absolute Gasteiger partial charge is 0.330 e. The molecule has 6 nitrogen and oxygen atoms in total. The van der Waals surface area contributed by atoms with Crippen molar-refractivity contribution in [3.63, 3.8) is 0 Å². The van der Waals surface area contributed by atoms with Gasteiger partial charge in [-0.15, -0.1) is 0 Å². The average Bonchev–Trinajstić information content (AvgIpc) is 2.49. The summed E-state index contributed by atoms with van der Waals surface area (Å²) < 4.78 is 0. The molecule has 1 heterocycles. The number of hydrogen-bond acceptors (Lipinski definition) is 4. The van der Waals surface area contributed by atoms with Crippen molar-refractivity contribution in [2.24, 2.45) is 5.73 Å². The van der Waals surface area contributed by atoms with Crippen molar-refractivity contribution in [1.29, 1.82) is 0 Å². The SMILES string of the molecule is NCCCCC(=O)Nc1ccc(C2CCC(=O)NC2=O)cc1. The third-order valence-electron chi connectivity index (χ3n) is 3.69. The third kappa shape index (κ3) is 4.39. The lowest BCUT2D eigenvalue weighted by atomic mass is 9.90. The van der Waals surface area contributed by atoms with Crippen LogP contribution in [0.15, 0.2) is 24.3 Å².